The molecule has 5 heterocycles. The number of nitrogens with two attached hydrogens (primary N) is 1. The number of nitrogens with one attached hydrogen (secondary N) is 2. The Labute approximate surface area is 210 Å². The maximum Gasteiger partial charge on any atom is 0.280 e. The number of pyridine rings is 1. The molecule has 6 rings (SSSR count). The number of ether oxygens (including phenoxy) is 2. The third-order valence-electron chi connectivity index (χ3n) is 5.65. The number of primary amides is 1. The van der Waals surface area contributed by atoms with E-state index in [1.165, 1.54) is 12.3 Å². The minimum absolute atomic E-state index is 0.0384. The number of anilines is 1. The van der Waals surface area contributed by atoms with Crippen molar-refractivity contribution in [2.45, 2.75) is 6.43 Å². The zero-order chi connectivity index (χ0) is 25.7. The highest BCUT2D eigenvalue weighted by Gasteiger charge is 2.26. The van der Waals surface area contributed by atoms with Crippen LogP contribution < -0.4 is 20.5 Å². The number of H-pyrrole nitrogens is 1. The zero-order valence-electron chi connectivity index (χ0n) is 18.6. The molecule has 2 amide bonds. The lowest BCUT2D eigenvalue weighted by atomic mass is 10.1. The largest absolute Gasteiger partial charge is 0.464 e. The Kier molecular flexibility index (Phi) is 5.34. The van der Waals surface area contributed by atoms with Gasteiger partial charge in [-0.05, 0) is 42.5 Å². The Balaban J connectivity index is 1.40. The van der Waals surface area contributed by atoms with Gasteiger partial charge in [0.05, 0.1) is 17.6 Å². The summed E-state index contributed by atoms with van der Waals surface area (Å²) in [6, 6.07) is 11.1. The van der Waals surface area contributed by atoms with Gasteiger partial charge in [-0.1, -0.05) is 0 Å². The number of hydrogen-bond donors (Lipinski definition) is 3. The molecule has 13 heteroatoms. The topological polar surface area (TPSA) is 145 Å². The summed E-state index contributed by atoms with van der Waals surface area (Å²) in [5.41, 5.74) is 6.56. The molecule has 1 aliphatic rings. The van der Waals surface area contributed by atoms with E-state index in [2.05, 4.69) is 20.5 Å². The van der Waals surface area contributed by atoms with Crippen molar-refractivity contribution in [1.82, 2.24) is 15.2 Å². The summed E-state index contributed by atoms with van der Waals surface area (Å²) in [5, 5.41) is 9.78. The average molecular weight is 523 g/mol. The smallest absolute Gasteiger partial charge is 0.280 e. The molecule has 0 unspecified atom stereocenters. The molecule has 0 spiro atoms. The van der Waals surface area contributed by atoms with Crippen LogP contribution in [-0.2, 0) is 0 Å². The van der Waals surface area contributed by atoms with Crippen molar-refractivity contribution in [1.29, 1.82) is 0 Å². The summed E-state index contributed by atoms with van der Waals surface area (Å²) in [6.07, 6.45) is -1.49. The Morgan fingerprint density at radius 3 is 2.73 bits per heavy atom. The molecule has 1 aliphatic heterocycles. The number of nitrogens with zero attached hydrogens (tertiary/aromatic N) is 2. The van der Waals surface area contributed by atoms with Gasteiger partial charge in [0, 0.05) is 16.5 Å². The van der Waals surface area contributed by atoms with Crippen LogP contribution in [0.5, 0.6) is 11.5 Å². The summed E-state index contributed by atoms with van der Waals surface area (Å²) in [6.45, 7) is 0.122. The lowest BCUT2D eigenvalue weighted by Crippen LogP contribution is -2.17. The Morgan fingerprint density at radius 2 is 1.97 bits per heavy atom. The van der Waals surface area contributed by atoms with E-state index >= 15 is 0 Å². The molecule has 0 saturated carbocycles. The highest BCUT2D eigenvalue weighted by Crippen LogP contribution is 2.43. The number of benzene rings is 1. The first-order chi connectivity index (χ1) is 17.9. The Hall–Kier alpha value is -4.78. The van der Waals surface area contributed by atoms with E-state index in [0.29, 0.717) is 22.8 Å². The fourth-order valence-electron chi connectivity index (χ4n) is 3.97. The highest BCUT2D eigenvalue weighted by molar-refractivity contribution is 7.21. The van der Waals surface area contributed by atoms with Crippen LogP contribution in [0.1, 0.15) is 32.3 Å². The van der Waals surface area contributed by atoms with Gasteiger partial charge in [-0.2, -0.15) is 5.10 Å². The van der Waals surface area contributed by atoms with Crippen LogP contribution in [-0.4, -0.2) is 33.8 Å². The summed E-state index contributed by atoms with van der Waals surface area (Å²) in [7, 11) is 0. The number of amides is 2. The number of rotatable bonds is 6. The van der Waals surface area contributed by atoms with E-state index in [1.807, 2.05) is 0 Å². The third-order valence-corrected chi connectivity index (χ3v) is 6.74. The number of halogens is 2. The molecule has 4 aromatic heterocycles. The molecule has 10 nitrogen and oxygen atoms in total. The van der Waals surface area contributed by atoms with Gasteiger partial charge in [0.25, 0.3) is 18.2 Å². The monoisotopic (exact) mass is 523 g/mol. The molecule has 0 fully saturated rings. The van der Waals surface area contributed by atoms with E-state index in [9.17, 15) is 18.4 Å². The zero-order valence-corrected chi connectivity index (χ0v) is 19.4. The molecule has 0 radical (unpaired) electrons. The van der Waals surface area contributed by atoms with E-state index in [1.54, 1.807) is 30.3 Å². The fraction of sp³-hybridized carbons (Fsp3) is 0.0833. The predicted octanol–water partition coefficient (Wildman–Crippen LogP) is 4.96. The quantitative estimate of drug-likeness (QED) is 0.285. The van der Waals surface area contributed by atoms with Crippen LogP contribution in [0.25, 0.3) is 32.8 Å². The van der Waals surface area contributed by atoms with E-state index in [-0.39, 0.29) is 44.6 Å². The molecular formula is C24H15F2N5O5S. The second kappa shape index (κ2) is 8.71. The second-order valence-corrected chi connectivity index (χ2v) is 8.91. The maximum absolute atomic E-state index is 13.6. The molecule has 4 N–H and O–H groups in total. The normalized spacial score (nSPS) is 12.4. The number of carbonyl (C=O) groups is 2. The van der Waals surface area contributed by atoms with Crippen molar-refractivity contribution in [3.63, 3.8) is 0 Å². The third kappa shape index (κ3) is 3.94. The highest BCUT2D eigenvalue weighted by atomic mass is 32.1. The van der Waals surface area contributed by atoms with Crippen LogP contribution in [0.15, 0.2) is 53.1 Å². The van der Waals surface area contributed by atoms with E-state index < -0.39 is 23.9 Å². The van der Waals surface area contributed by atoms with Crippen molar-refractivity contribution >= 4 is 39.1 Å². The van der Waals surface area contributed by atoms with Crippen molar-refractivity contribution in [2.24, 2.45) is 5.73 Å². The van der Waals surface area contributed by atoms with Gasteiger partial charge in [0.1, 0.15) is 26.9 Å². The predicted molar refractivity (Wildman–Crippen MR) is 129 cm³/mol. The summed E-state index contributed by atoms with van der Waals surface area (Å²) < 4.78 is 43.2. The number of fused-ring (bicyclic) bond motifs is 2. The molecule has 1 aromatic carbocycles. The number of alkyl halides is 2. The van der Waals surface area contributed by atoms with E-state index in [4.69, 9.17) is 19.6 Å². The van der Waals surface area contributed by atoms with Crippen molar-refractivity contribution in [3.05, 3.63) is 65.0 Å². The molecule has 0 atom stereocenters. The standard InChI is InChI=1S/C24H15F2N5O5S/c25-21(26)13-7-11(15-2-1-5-34-15)18-19(20(22(27)32)37-24(18)28-13)29-23(33)14-8-12(30-31-14)10-3-4-16-17(6-10)36-9-35-16/h1-8,21H,9H2,(H2,27,32)(H,29,33)(H,30,31). The van der Waals surface area contributed by atoms with Gasteiger partial charge in [-0.25, -0.2) is 13.8 Å². The fourth-order valence-corrected chi connectivity index (χ4v) is 4.98. The van der Waals surface area contributed by atoms with Gasteiger partial charge in [0.15, 0.2) is 11.5 Å². The summed E-state index contributed by atoms with van der Waals surface area (Å²) >= 11 is 0.799. The van der Waals surface area contributed by atoms with E-state index in [0.717, 1.165) is 17.4 Å². The van der Waals surface area contributed by atoms with Crippen molar-refractivity contribution in [2.75, 3.05) is 12.1 Å². The first-order valence-electron chi connectivity index (χ1n) is 10.7. The SMILES string of the molecule is NC(=O)c1sc2nc(C(F)F)cc(-c3ccco3)c2c1NC(=O)c1cc(-c2ccc3c(c2)OCO3)n[nH]1. The summed E-state index contributed by atoms with van der Waals surface area (Å²) in [5.74, 6) is -0.0664. The number of aromatic nitrogens is 3. The van der Waals surface area contributed by atoms with Crippen molar-refractivity contribution < 1.29 is 32.3 Å². The van der Waals surface area contributed by atoms with Crippen LogP contribution in [0.3, 0.4) is 0 Å². The van der Waals surface area contributed by atoms with Crippen LogP contribution >= 0.6 is 11.3 Å². The van der Waals surface area contributed by atoms with Crippen molar-refractivity contribution in [3.8, 4) is 34.1 Å². The Bertz CT molecular complexity index is 1680. The van der Waals surface area contributed by atoms with Gasteiger partial charge in [-0.15, -0.1) is 11.3 Å². The number of thiophene rings is 1. The van der Waals surface area contributed by atoms with Gasteiger partial charge >= 0.3 is 0 Å². The Morgan fingerprint density at radius 1 is 1.14 bits per heavy atom. The number of carbonyl (C=O) groups excluding carboxylic acids is 2. The second-order valence-electron chi connectivity index (χ2n) is 7.91. The lowest BCUT2D eigenvalue weighted by Gasteiger charge is -2.09. The number of hydrogen-bond acceptors (Lipinski definition) is 8. The van der Waals surface area contributed by atoms with Gasteiger partial charge in [0.2, 0.25) is 6.79 Å². The average Bonchev–Trinajstić information content (AvgIpc) is 3.69. The molecular weight excluding hydrogens is 508 g/mol. The van der Waals surface area contributed by atoms with Crippen LogP contribution in [0.4, 0.5) is 14.5 Å². The molecule has 186 valence electrons. The van der Waals surface area contributed by atoms with Crippen LogP contribution in [0, 0.1) is 0 Å². The molecule has 0 aliphatic carbocycles. The molecule has 5 aromatic rings. The van der Waals surface area contributed by atoms with Gasteiger partial charge in [-0.3, -0.25) is 14.7 Å². The first kappa shape index (κ1) is 22.7. The minimum atomic E-state index is -2.87. The summed E-state index contributed by atoms with van der Waals surface area (Å²) in [4.78, 5) is 29.5. The van der Waals surface area contributed by atoms with Crippen LogP contribution in [0.2, 0.25) is 0 Å². The molecule has 0 saturated heterocycles. The first-order valence-corrected chi connectivity index (χ1v) is 11.6. The lowest BCUT2D eigenvalue weighted by molar-refractivity contribution is 0.100. The number of aromatic amines is 1. The minimum Gasteiger partial charge on any atom is -0.464 e. The van der Waals surface area contributed by atoms with Gasteiger partial charge < -0.3 is 24.9 Å². The maximum atomic E-state index is 13.6. The molecule has 37 heavy (non-hydrogen) atoms. The number of furan rings is 1. The molecule has 0 bridgehead atoms.